The summed E-state index contributed by atoms with van der Waals surface area (Å²) in [6.07, 6.45) is 5.47. The maximum Gasteiger partial charge on any atom is 0.173 e. The molecule has 0 spiro atoms. The van der Waals surface area contributed by atoms with Crippen LogP contribution in [-0.2, 0) is 13.0 Å². The Balaban J connectivity index is 1.90. The average Bonchev–Trinajstić information content (AvgIpc) is 3.04. The summed E-state index contributed by atoms with van der Waals surface area (Å²) in [5.41, 5.74) is 3.25. The van der Waals surface area contributed by atoms with Crippen LogP contribution in [0.4, 0.5) is 0 Å². The first-order chi connectivity index (χ1) is 8.79. The molecule has 3 nitrogen and oxygen atoms in total. The summed E-state index contributed by atoms with van der Waals surface area (Å²) in [6.45, 7) is 2.82. The van der Waals surface area contributed by atoms with Gasteiger partial charge in [0.1, 0.15) is 0 Å². The van der Waals surface area contributed by atoms with E-state index in [1.807, 2.05) is 25.3 Å². The van der Waals surface area contributed by atoms with E-state index in [-0.39, 0.29) is 11.7 Å². The van der Waals surface area contributed by atoms with Gasteiger partial charge in [-0.3, -0.25) is 9.48 Å². The van der Waals surface area contributed by atoms with Crippen LogP contribution in [0.15, 0.2) is 36.7 Å². The van der Waals surface area contributed by atoms with E-state index in [9.17, 15) is 4.79 Å². The second kappa shape index (κ2) is 4.41. The van der Waals surface area contributed by atoms with Crippen molar-refractivity contribution in [3.63, 3.8) is 0 Å². The summed E-state index contributed by atoms with van der Waals surface area (Å²) in [6, 6.07) is 8.26. The van der Waals surface area contributed by atoms with Gasteiger partial charge in [0.2, 0.25) is 0 Å². The Bertz CT molecular complexity index is 586. The number of carbonyl (C=O) groups excluding carboxylic acids is 1. The van der Waals surface area contributed by atoms with Crippen molar-refractivity contribution in [1.29, 1.82) is 0 Å². The molecule has 0 fully saturated rings. The maximum atomic E-state index is 12.5. The third kappa shape index (κ3) is 1.76. The van der Waals surface area contributed by atoms with E-state index < -0.39 is 0 Å². The fourth-order valence-corrected chi connectivity index (χ4v) is 2.69. The molecule has 18 heavy (non-hydrogen) atoms. The molecule has 1 atom stereocenters. The maximum absolute atomic E-state index is 12.5. The van der Waals surface area contributed by atoms with Crippen LogP contribution in [0.25, 0.3) is 0 Å². The van der Waals surface area contributed by atoms with Gasteiger partial charge in [0, 0.05) is 18.7 Å². The molecule has 0 saturated carbocycles. The summed E-state index contributed by atoms with van der Waals surface area (Å²) < 4.78 is 1.80. The van der Waals surface area contributed by atoms with E-state index >= 15 is 0 Å². The Morgan fingerprint density at radius 3 is 3.06 bits per heavy atom. The largest absolute Gasteiger partial charge is 0.293 e. The average molecular weight is 240 g/mol. The molecule has 1 unspecified atom stereocenters. The Morgan fingerprint density at radius 1 is 1.44 bits per heavy atom. The van der Waals surface area contributed by atoms with Gasteiger partial charge in [-0.2, -0.15) is 5.10 Å². The van der Waals surface area contributed by atoms with E-state index in [0.29, 0.717) is 0 Å². The van der Waals surface area contributed by atoms with Crippen molar-refractivity contribution < 1.29 is 4.79 Å². The molecule has 1 aliphatic carbocycles. The number of hydrogen-bond acceptors (Lipinski definition) is 2. The second-order valence-corrected chi connectivity index (χ2v) is 4.74. The van der Waals surface area contributed by atoms with Crippen LogP contribution < -0.4 is 0 Å². The van der Waals surface area contributed by atoms with Crippen molar-refractivity contribution in [2.24, 2.45) is 0 Å². The van der Waals surface area contributed by atoms with Gasteiger partial charge in [-0.25, -0.2) is 0 Å². The monoisotopic (exact) mass is 240 g/mol. The van der Waals surface area contributed by atoms with Crippen LogP contribution in [0, 0.1) is 0 Å². The highest BCUT2D eigenvalue weighted by Gasteiger charge is 2.29. The molecule has 0 radical (unpaired) electrons. The zero-order valence-electron chi connectivity index (χ0n) is 10.5. The Hall–Kier alpha value is -1.90. The van der Waals surface area contributed by atoms with E-state index in [0.717, 1.165) is 24.9 Å². The van der Waals surface area contributed by atoms with Crippen LogP contribution in [-0.4, -0.2) is 15.6 Å². The first kappa shape index (κ1) is 11.2. The van der Waals surface area contributed by atoms with Crippen molar-refractivity contribution in [3.05, 3.63) is 53.3 Å². The van der Waals surface area contributed by atoms with E-state index in [4.69, 9.17) is 0 Å². The number of benzene rings is 1. The number of aromatic nitrogens is 2. The van der Waals surface area contributed by atoms with Crippen LogP contribution in [0.5, 0.6) is 0 Å². The number of Topliss-reactive ketones (excluding diaryl/α,β-unsaturated/α-hetero) is 1. The molecule has 92 valence electrons. The molecule has 1 heterocycles. The fraction of sp³-hybridized carbons (Fsp3) is 0.333. The number of nitrogens with zero attached hydrogens (tertiary/aromatic N) is 2. The van der Waals surface area contributed by atoms with E-state index in [2.05, 4.69) is 17.2 Å². The number of aryl methyl sites for hydroxylation is 2. The fourth-order valence-electron chi connectivity index (χ4n) is 2.69. The Labute approximate surface area is 106 Å². The number of carbonyl (C=O) groups is 1. The van der Waals surface area contributed by atoms with Crippen molar-refractivity contribution in [3.8, 4) is 0 Å². The quantitative estimate of drug-likeness (QED) is 0.773. The highest BCUT2D eigenvalue weighted by Crippen LogP contribution is 2.35. The van der Waals surface area contributed by atoms with Crippen molar-refractivity contribution in [2.45, 2.75) is 32.2 Å². The summed E-state index contributed by atoms with van der Waals surface area (Å²) in [5, 5.41) is 4.18. The third-order valence-corrected chi connectivity index (χ3v) is 3.69. The number of rotatable bonds is 3. The summed E-state index contributed by atoms with van der Waals surface area (Å²) in [5.74, 6) is 0.232. The molecule has 3 heteroatoms. The molecule has 3 rings (SSSR count). The molecule has 1 aromatic heterocycles. The summed E-state index contributed by atoms with van der Waals surface area (Å²) in [4.78, 5) is 12.5. The highest BCUT2D eigenvalue weighted by molar-refractivity contribution is 6.01. The van der Waals surface area contributed by atoms with Crippen LogP contribution in [0.2, 0.25) is 0 Å². The minimum absolute atomic E-state index is 0.0238. The normalized spacial score (nSPS) is 17.7. The predicted octanol–water partition coefficient (Wildman–Crippen LogP) is 2.82. The third-order valence-electron chi connectivity index (χ3n) is 3.69. The molecule has 0 amide bonds. The topological polar surface area (TPSA) is 34.9 Å². The molecule has 0 bridgehead atoms. The number of hydrogen-bond donors (Lipinski definition) is 0. The van der Waals surface area contributed by atoms with Gasteiger partial charge in [-0.15, -0.1) is 0 Å². The lowest BCUT2D eigenvalue weighted by atomic mass is 9.94. The first-order valence-electron chi connectivity index (χ1n) is 6.44. The molecule has 1 aliphatic rings. The van der Waals surface area contributed by atoms with Gasteiger partial charge in [-0.05, 0) is 30.9 Å². The predicted molar refractivity (Wildman–Crippen MR) is 69.7 cm³/mol. The standard InChI is InChI=1S/C15H16N2O/c1-2-17-10-12(9-16-17)15(18)14-8-7-11-5-3-4-6-13(11)14/h3-6,9-10,14H,2,7-8H2,1H3. The van der Waals surface area contributed by atoms with Gasteiger partial charge < -0.3 is 0 Å². The zero-order valence-corrected chi connectivity index (χ0v) is 10.5. The molecule has 0 aliphatic heterocycles. The van der Waals surface area contributed by atoms with Gasteiger partial charge in [0.25, 0.3) is 0 Å². The second-order valence-electron chi connectivity index (χ2n) is 4.74. The Morgan fingerprint density at radius 2 is 2.28 bits per heavy atom. The smallest absolute Gasteiger partial charge is 0.173 e. The number of fused-ring (bicyclic) bond motifs is 1. The lowest BCUT2D eigenvalue weighted by Crippen LogP contribution is -2.09. The van der Waals surface area contributed by atoms with Crippen LogP contribution >= 0.6 is 0 Å². The van der Waals surface area contributed by atoms with Crippen molar-refractivity contribution >= 4 is 5.78 Å². The van der Waals surface area contributed by atoms with E-state index in [1.165, 1.54) is 11.1 Å². The molecule has 1 aromatic carbocycles. The Kier molecular flexibility index (Phi) is 2.74. The van der Waals surface area contributed by atoms with Crippen molar-refractivity contribution in [1.82, 2.24) is 9.78 Å². The molecule has 0 N–H and O–H groups in total. The lowest BCUT2D eigenvalue weighted by molar-refractivity contribution is 0.0959. The molecular formula is C15H16N2O. The first-order valence-corrected chi connectivity index (χ1v) is 6.44. The minimum atomic E-state index is 0.0238. The van der Waals surface area contributed by atoms with Gasteiger partial charge >= 0.3 is 0 Å². The molecular weight excluding hydrogens is 224 g/mol. The summed E-state index contributed by atoms with van der Waals surface area (Å²) in [7, 11) is 0. The van der Waals surface area contributed by atoms with Gasteiger partial charge in [0.15, 0.2) is 5.78 Å². The lowest BCUT2D eigenvalue weighted by Gasteiger charge is -2.08. The molecule has 0 saturated heterocycles. The highest BCUT2D eigenvalue weighted by atomic mass is 16.1. The van der Waals surface area contributed by atoms with Gasteiger partial charge in [0.05, 0.1) is 11.8 Å². The SMILES string of the molecule is CCn1cc(C(=O)C2CCc3ccccc32)cn1. The van der Waals surface area contributed by atoms with Crippen molar-refractivity contribution in [2.75, 3.05) is 0 Å². The minimum Gasteiger partial charge on any atom is -0.293 e. The summed E-state index contributed by atoms with van der Waals surface area (Å²) >= 11 is 0. The van der Waals surface area contributed by atoms with Gasteiger partial charge in [-0.1, -0.05) is 24.3 Å². The van der Waals surface area contributed by atoms with Crippen LogP contribution in [0.1, 0.15) is 40.7 Å². The van der Waals surface area contributed by atoms with E-state index in [1.54, 1.807) is 10.9 Å². The van der Waals surface area contributed by atoms with Crippen LogP contribution in [0.3, 0.4) is 0 Å². The molecule has 2 aromatic rings. The number of ketones is 1. The zero-order chi connectivity index (χ0) is 12.5.